The molecule has 0 spiro atoms. The summed E-state index contributed by atoms with van der Waals surface area (Å²) in [6, 6.07) is 11.1. The molecule has 1 aromatic heterocycles. The average Bonchev–Trinajstić information content (AvgIpc) is 3.00. The van der Waals surface area contributed by atoms with E-state index in [-0.39, 0.29) is 11.7 Å². The first-order valence-electron chi connectivity index (χ1n) is 8.20. The van der Waals surface area contributed by atoms with Gasteiger partial charge in [0.05, 0.1) is 15.8 Å². The number of thioether (sulfide) groups is 1. The summed E-state index contributed by atoms with van der Waals surface area (Å²) in [4.78, 5) is 12.3. The summed E-state index contributed by atoms with van der Waals surface area (Å²) in [5.41, 5.74) is 3.84. The Balaban J connectivity index is 1.68. The molecule has 0 aliphatic heterocycles. The molecule has 0 saturated carbocycles. The molecule has 8 heteroatoms. The Bertz CT molecular complexity index is 1000. The summed E-state index contributed by atoms with van der Waals surface area (Å²) in [5, 5.41) is 12.9. The predicted octanol–water partition coefficient (Wildman–Crippen LogP) is 5.14. The predicted molar refractivity (Wildman–Crippen MR) is 112 cm³/mol. The van der Waals surface area contributed by atoms with Crippen LogP contribution in [-0.4, -0.2) is 26.4 Å². The third-order valence-electron chi connectivity index (χ3n) is 4.22. The normalized spacial score (nSPS) is 10.9. The van der Waals surface area contributed by atoms with Crippen molar-refractivity contribution in [1.82, 2.24) is 14.8 Å². The maximum Gasteiger partial charge on any atom is 0.234 e. The van der Waals surface area contributed by atoms with Crippen molar-refractivity contribution in [3.05, 3.63) is 57.6 Å². The van der Waals surface area contributed by atoms with Crippen LogP contribution in [0.25, 0.3) is 11.4 Å². The SMILES string of the molecule is Cc1cccc(NC(=O)CSc2nnc(-c3ccc(Cl)c(Cl)c3)n2C)c1C. The molecular weight excluding hydrogens is 403 g/mol. The highest BCUT2D eigenvalue weighted by atomic mass is 35.5. The highest BCUT2D eigenvalue weighted by molar-refractivity contribution is 7.99. The maximum atomic E-state index is 12.3. The van der Waals surface area contributed by atoms with Gasteiger partial charge < -0.3 is 9.88 Å². The summed E-state index contributed by atoms with van der Waals surface area (Å²) in [7, 11) is 1.85. The Morgan fingerprint density at radius 1 is 1.15 bits per heavy atom. The molecule has 1 heterocycles. The van der Waals surface area contributed by atoms with Crippen LogP contribution in [0.2, 0.25) is 10.0 Å². The minimum Gasteiger partial charge on any atom is -0.325 e. The fourth-order valence-electron chi connectivity index (χ4n) is 2.53. The zero-order valence-electron chi connectivity index (χ0n) is 15.1. The lowest BCUT2D eigenvalue weighted by molar-refractivity contribution is -0.113. The fraction of sp³-hybridized carbons (Fsp3) is 0.211. The molecule has 0 saturated heterocycles. The molecule has 2 aromatic carbocycles. The van der Waals surface area contributed by atoms with Crippen molar-refractivity contribution in [3.63, 3.8) is 0 Å². The summed E-state index contributed by atoms with van der Waals surface area (Å²) >= 11 is 13.4. The minimum atomic E-state index is -0.0900. The first-order chi connectivity index (χ1) is 12.9. The highest BCUT2D eigenvalue weighted by Gasteiger charge is 2.14. The molecule has 0 bridgehead atoms. The first kappa shape index (κ1) is 19.7. The zero-order valence-corrected chi connectivity index (χ0v) is 17.4. The quantitative estimate of drug-likeness (QED) is 0.580. The van der Waals surface area contributed by atoms with Crippen molar-refractivity contribution in [2.75, 3.05) is 11.1 Å². The van der Waals surface area contributed by atoms with E-state index in [0.29, 0.717) is 21.0 Å². The van der Waals surface area contributed by atoms with Crippen molar-refractivity contribution in [2.45, 2.75) is 19.0 Å². The lowest BCUT2D eigenvalue weighted by atomic mass is 10.1. The molecule has 3 rings (SSSR count). The minimum absolute atomic E-state index is 0.0900. The van der Waals surface area contributed by atoms with Crippen molar-refractivity contribution in [3.8, 4) is 11.4 Å². The van der Waals surface area contributed by atoms with Gasteiger partial charge in [0.2, 0.25) is 5.91 Å². The number of hydrogen-bond acceptors (Lipinski definition) is 4. The summed E-state index contributed by atoms with van der Waals surface area (Å²) in [6.07, 6.45) is 0. The van der Waals surface area contributed by atoms with Crippen LogP contribution in [0.3, 0.4) is 0 Å². The number of aryl methyl sites for hydroxylation is 1. The molecule has 5 nitrogen and oxygen atoms in total. The van der Waals surface area contributed by atoms with E-state index in [0.717, 1.165) is 22.4 Å². The van der Waals surface area contributed by atoms with Gasteiger partial charge in [-0.15, -0.1) is 10.2 Å². The van der Waals surface area contributed by atoms with Gasteiger partial charge >= 0.3 is 0 Å². The molecular formula is C19H18Cl2N4OS. The molecule has 0 fully saturated rings. The summed E-state index contributed by atoms with van der Waals surface area (Å²) < 4.78 is 1.83. The number of nitrogens with zero attached hydrogens (tertiary/aromatic N) is 3. The number of carbonyl (C=O) groups excluding carboxylic acids is 1. The second-order valence-corrected chi connectivity index (χ2v) is 7.84. The van der Waals surface area contributed by atoms with Gasteiger partial charge in [0.15, 0.2) is 11.0 Å². The molecule has 3 aromatic rings. The van der Waals surface area contributed by atoms with E-state index in [1.165, 1.54) is 11.8 Å². The van der Waals surface area contributed by atoms with E-state index >= 15 is 0 Å². The smallest absolute Gasteiger partial charge is 0.234 e. The Morgan fingerprint density at radius 3 is 2.67 bits per heavy atom. The Hall–Kier alpha value is -2.02. The maximum absolute atomic E-state index is 12.3. The molecule has 0 radical (unpaired) electrons. The Morgan fingerprint density at radius 2 is 1.93 bits per heavy atom. The van der Waals surface area contributed by atoms with E-state index in [1.807, 2.05) is 49.7 Å². The summed E-state index contributed by atoms with van der Waals surface area (Å²) in [6.45, 7) is 4.01. The number of hydrogen-bond donors (Lipinski definition) is 1. The first-order valence-corrected chi connectivity index (χ1v) is 9.94. The Labute approximate surface area is 172 Å². The average molecular weight is 421 g/mol. The molecule has 27 heavy (non-hydrogen) atoms. The van der Waals surface area contributed by atoms with E-state index in [4.69, 9.17) is 23.2 Å². The van der Waals surface area contributed by atoms with Crippen LogP contribution in [0.1, 0.15) is 11.1 Å². The molecule has 0 aliphatic rings. The largest absolute Gasteiger partial charge is 0.325 e. The van der Waals surface area contributed by atoms with Crippen molar-refractivity contribution < 1.29 is 4.79 Å². The van der Waals surface area contributed by atoms with Gasteiger partial charge in [-0.25, -0.2) is 0 Å². The Kier molecular flexibility index (Phi) is 6.09. The number of amides is 1. The van der Waals surface area contributed by atoms with Gasteiger partial charge in [-0.2, -0.15) is 0 Å². The van der Waals surface area contributed by atoms with Crippen molar-refractivity contribution >= 4 is 46.6 Å². The van der Waals surface area contributed by atoms with Crippen LogP contribution < -0.4 is 5.32 Å². The van der Waals surface area contributed by atoms with Gasteiger partial charge in [-0.1, -0.05) is 47.1 Å². The molecule has 140 valence electrons. The number of benzene rings is 2. The number of aromatic nitrogens is 3. The molecule has 0 unspecified atom stereocenters. The molecule has 1 N–H and O–H groups in total. The van der Waals surface area contributed by atoms with Crippen LogP contribution in [0.15, 0.2) is 41.6 Å². The second-order valence-electron chi connectivity index (χ2n) is 6.08. The second kappa shape index (κ2) is 8.33. The molecule has 0 atom stereocenters. The van der Waals surface area contributed by atoms with Gasteiger partial charge in [0.1, 0.15) is 0 Å². The zero-order chi connectivity index (χ0) is 19.6. The number of anilines is 1. The third-order valence-corrected chi connectivity index (χ3v) is 5.98. The monoisotopic (exact) mass is 420 g/mol. The van der Waals surface area contributed by atoms with Gasteiger partial charge in [0.25, 0.3) is 0 Å². The van der Waals surface area contributed by atoms with Crippen molar-refractivity contribution in [1.29, 1.82) is 0 Å². The number of carbonyl (C=O) groups is 1. The van der Waals surface area contributed by atoms with Gasteiger partial charge in [0, 0.05) is 18.3 Å². The van der Waals surface area contributed by atoms with E-state index in [2.05, 4.69) is 15.5 Å². The fourth-order valence-corrected chi connectivity index (χ4v) is 3.54. The van der Waals surface area contributed by atoms with Crippen LogP contribution in [0, 0.1) is 13.8 Å². The van der Waals surface area contributed by atoms with Crippen LogP contribution >= 0.6 is 35.0 Å². The lowest BCUT2D eigenvalue weighted by Crippen LogP contribution is -2.15. The third kappa shape index (κ3) is 4.46. The molecule has 1 amide bonds. The number of halogens is 2. The standard InChI is InChI=1S/C19H18Cl2N4OS/c1-11-5-4-6-16(12(11)2)22-17(26)10-27-19-24-23-18(25(19)3)13-7-8-14(20)15(21)9-13/h4-9H,10H2,1-3H3,(H,22,26). The van der Waals surface area contributed by atoms with E-state index < -0.39 is 0 Å². The van der Waals surface area contributed by atoms with Crippen LogP contribution in [0.5, 0.6) is 0 Å². The van der Waals surface area contributed by atoms with E-state index in [9.17, 15) is 4.79 Å². The van der Waals surface area contributed by atoms with Gasteiger partial charge in [-0.3, -0.25) is 4.79 Å². The highest BCUT2D eigenvalue weighted by Crippen LogP contribution is 2.29. The van der Waals surface area contributed by atoms with Crippen LogP contribution in [0.4, 0.5) is 5.69 Å². The van der Waals surface area contributed by atoms with Crippen LogP contribution in [-0.2, 0) is 11.8 Å². The number of rotatable bonds is 5. The van der Waals surface area contributed by atoms with Crippen molar-refractivity contribution in [2.24, 2.45) is 7.05 Å². The topological polar surface area (TPSA) is 59.8 Å². The number of nitrogens with one attached hydrogen (secondary N) is 1. The molecule has 0 aliphatic carbocycles. The lowest BCUT2D eigenvalue weighted by Gasteiger charge is -2.10. The van der Waals surface area contributed by atoms with Gasteiger partial charge in [-0.05, 0) is 49.2 Å². The summed E-state index contributed by atoms with van der Waals surface area (Å²) in [5.74, 6) is 0.805. The van der Waals surface area contributed by atoms with E-state index in [1.54, 1.807) is 12.1 Å².